The zero-order valence-electron chi connectivity index (χ0n) is 10.6. The number of benzene rings is 1. The molecule has 94 valence electrons. The lowest BCUT2D eigenvalue weighted by molar-refractivity contribution is 0.0525. The molecule has 0 radical (unpaired) electrons. The molecule has 0 N–H and O–H groups in total. The second-order valence-electron chi connectivity index (χ2n) is 5.28. The summed E-state index contributed by atoms with van der Waals surface area (Å²) in [6, 6.07) is 8.51. The van der Waals surface area contributed by atoms with Gasteiger partial charge in [-0.3, -0.25) is 0 Å². The monoisotopic (exact) mass is 314 g/mol. The molecule has 0 saturated carbocycles. The van der Waals surface area contributed by atoms with Crippen LogP contribution >= 0.6 is 15.9 Å². The number of alkyl halides is 1. The normalized spacial score (nSPS) is 11.3. The summed E-state index contributed by atoms with van der Waals surface area (Å²) < 4.78 is 5.26. The molecule has 1 rings (SSSR count). The van der Waals surface area contributed by atoms with Crippen molar-refractivity contribution in [1.82, 2.24) is 0 Å². The van der Waals surface area contributed by atoms with E-state index in [0.717, 1.165) is 16.9 Å². The number of carbonyl (C=O) groups excluding carboxylic acids is 1. The van der Waals surface area contributed by atoms with Gasteiger partial charge < -0.3 is 4.74 Å². The van der Waals surface area contributed by atoms with Crippen molar-refractivity contribution in [2.45, 2.75) is 31.0 Å². The van der Waals surface area contributed by atoms with E-state index in [-0.39, 0.29) is 5.97 Å². The van der Waals surface area contributed by atoms with Crippen molar-refractivity contribution in [1.29, 1.82) is 0 Å². The highest BCUT2D eigenvalue weighted by molar-refractivity contribution is 9.08. The fourth-order valence-corrected chi connectivity index (χ4v) is 2.35. The average Bonchev–Trinajstić information content (AvgIpc) is 2.27. The third-order valence-corrected chi connectivity index (χ3v) is 4.78. The van der Waals surface area contributed by atoms with Crippen LogP contribution in [-0.4, -0.2) is 20.7 Å². The summed E-state index contributed by atoms with van der Waals surface area (Å²) in [5.41, 5.74) is 1.79. The molecule has 0 saturated heterocycles. The first-order chi connectivity index (χ1) is 7.92. The van der Waals surface area contributed by atoms with E-state index in [4.69, 9.17) is 4.74 Å². The summed E-state index contributed by atoms with van der Waals surface area (Å²) in [7, 11) is -1.12. The molecular formula is C13H19BrO2Si. The predicted octanol–water partition coefficient (Wildman–Crippen LogP) is 4.08. The van der Waals surface area contributed by atoms with E-state index in [0.29, 0.717) is 12.2 Å². The third kappa shape index (κ3) is 5.50. The average molecular weight is 315 g/mol. The molecule has 0 fully saturated rings. The Balaban J connectivity index is 2.47. The van der Waals surface area contributed by atoms with Crippen molar-refractivity contribution in [3.05, 3.63) is 35.4 Å². The third-order valence-electron chi connectivity index (χ3n) is 2.43. The van der Waals surface area contributed by atoms with Crippen LogP contribution in [0.15, 0.2) is 24.3 Å². The highest BCUT2D eigenvalue weighted by Gasteiger charge is 2.14. The highest BCUT2D eigenvalue weighted by Crippen LogP contribution is 2.11. The second kappa shape index (κ2) is 6.35. The minimum atomic E-state index is -1.12. The number of hydrogen-bond donors (Lipinski definition) is 0. The van der Waals surface area contributed by atoms with Gasteiger partial charge in [0.2, 0.25) is 0 Å². The first kappa shape index (κ1) is 14.4. The molecule has 0 unspecified atom stereocenters. The Morgan fingerprint density at radius 2 is 1.82 bits per heavy atom. The molecule has 0 bridgehead atoms. The van der Waals surface area contributed by atoms with Gasteiger partial charge in [-0.25, -0.2) is 4.79 Å². The van der Waals surface area contributed by atoms with Gasteiger partial charge in [0.1, 0.15) is 0 Å². The van der Waals surface area contributed by atoms with Gasteiger partial charge in [0.25, 0.3) is 0 Å². The molecular weight excluding hydrogens is 296 g/mol. The second-order valence-corrected chi connectivity index (χ2v) is 11.5. The molecule has 1 aromatic rings. The summed E-state index contributed by atoms with van der Waals surface area (Å²) in [6.45, 7) is 7.34. The number of hydrogen-bond acceptors (Lipinski definition) is 2. The first-order valence-electron chi connectivity index (χ1n) is 5.74. The zero-order valence-corrected chi connectivity index (χ0v) is 13.2. The maximum Gasteiger partial charge on any atom is 0.338 e. The highest BCUT2D eigenvalue weighted by atomic mass is 79.9. The van der Waals surface area contributed by atoms with Gasteiger partial charge in [-0.1, -0.05) is 47.7 Å². The van der Waals surface area contributed by atoms with Crippen LogP contribution in [0.25, 0.3) is 0 Å². The van der Waals surface area contributed by atoms with E-state index < -0.39 is 8.07 Å². The topological polar surface area (TPSA) is 26.3 Å². The molecule has 4 heteroatoms. The lowest BCUT2D eigenvalue weighted by atomic mass is 10.1. The molecule has 0 aliphatic rings. The Kier molecular flexibility index (Phi) is 5.40. The predicted molar refractivity (Wildman–Crippen MR) is 77.5 cm³/mol. The SMILES string of the molecule is C[Si](C)(C)CCOC(=O)c1ccc(CBr)cc1. The van der Waals surface area contributed by atoms with Crippen LogP contribution < -0.4 is 0 Å². The summed E-state index contributed by atoms with van der Waals surface area (Å²) in [5, 5.41) is 0.804. The molecule has 0 aliphatic carbocycles. The van der Waals surface area contributed by atoms with E-state index in [1.54, 1.807) is 0 Å². The fourth-order valence-electron chi connectivity index (χ4n) is 1.26. The van der Waals surface area contributed by atoms with Crippen LogP contribution in [0.1, 0.15) is 15.9 Å². The Bertz CT molecular complexity index is 368. The van der Waals surface area contributed by atoms with Gasteiger partial charge in [0.15, 0.2) is 0 Å². The van der Waals surface area contributed by atoms with E-state index in [1.165, 1.54) is 0 Å². The molecule has 0 aliphatic heterocycles. The summed E-state index contributed by atoms with van der Waals surface area (Å²) in [6.07, 6.45) is 0. The molecule has 0 heterocycles. The molecule has 0 aromatic heterocycles. The van der Waals surface area contributed by atoms with E-state index in [9.17, 15) is 4.79 Å². The Morgan fingerprint density at radius 3 is 2.29 bits per heavy atom. The van der Waals surface area contributed by atoms with E-state index >= 15 is 0 Å². The van der Waals surface area contributed by atoms with Crippen LogP contribution in [0.5, 0.6) is 0 Å². The maximum absolute atomic E-state index is 11.7. The van der Waals surface area contributed by atoms with E-state index in [2.05, 4.69) is 35.6 Å². The summed E-state index contributed by atoms with van der Waals surface area (Å²) >= 11 is 3.37. The van der Waals surface area contributed by atoms with Crippen molar-refractivity contribution in [3.63, 3.8) is 0 Å². The lowest BCUT2D eigenvalue weighted by Gasteiger charge is -2.15. The van der Waals surface area contributed by atoms with Crippen LogP contribution in [0, 0.1) is 0 Å². The van der Waals surface area contributed by atoms with Crippen molar-refractivity contribution in [2.24, 2.45) is 0 Å². The van der Waals surface area contributed by atoms with Crippen LogP contribution in [0.4, 0.5) is 0 Å². The molecule has 17 heavy (non-hydrogen) atoms. The van der Waals surface area contributed by atoms with Crippen LogP contribution in [0.2, 0.25) is 25.7 Å². The lowest BCUT2D eigenvalue weighted by Crippen LogP contribution is -2.22. The van der Waals surface area contributed by atoms with Gasteiger partial charge >= 0.3 is 5.97 Å². The van der Waals surface area contributed by atoms with Gasteiger partial charge in [-0.15, -0.1) is 0 Å². The fraction of sp³-hybridized carbons (Fsp3) is 0.462. The standard InChI is InChI=1S/C13H19BrO2Si/c1-17(2,3)9-8-16-13(15)12-6-4-11(10-14)5-7-12/h4-7H,8-10H2,1-3H3. The first-order valence-corrected chi connectivity index (χ1v) is 10.6. The molecule has 2 nitrogen and oxygen atoms in total. The quantitative estimate of drug-likeness (QED) is 0.465. The van der Waals surface area contributed by atoms with Gasteiger partial charge in [-0.05, 0) is 23.7 Å². The maximum atomic E-state index is 11.7. The van der Waals surface area contributed by atoms with E-state index in [1.807, 2.05) is 24.3 Å². The van der Waals surface area contributed by atoms with Crippen molar-refractivity contribution < 1.29 is 9.53 Å². The van der Waals surface area contributed by atoms with Crippen LogP contribution in [0.3, 0.4) is 0 Å². The number of ether oxygens (including phenoxy) is 1. The van der Waals surface area contributed by atoms with Crippen molar-refractivity contribution >= 4 is 30.0 Å². The van der Waals surface area contributed by atoms with Crippen molar-refractivity contribution in [2.75, 3.05) is 6.61 Å². The Hall–Kier alpha value is -0.613. The number of carbonyl (C=O) groups is 1. The minimum absolute atomic E-state index is 0.218. The molecule has 1 aromatic carbocycles. The van der Waals surface area contributed by atoms with Crippen LogP contribution in [-0.2, 0) is 10.1 Å². The van der Waals surface area contributed by atoms with Crippen molar-refractivity contribution in [3.8, 4) is 0 Å². The minimum Gasteiger partial charge on any atom is -0.462 e. The number of rotatable bonds is 5. The molecule has 0 amide bonds. The van der Waals surface area contributed by atoms with Gasteiger partial charge in [0.05, 0.1) is 12.2 Å². The number of esters is 1. The zero-order chi connectivity index (χ0) is 12.9. The van der Waals surface area contributed by atoms with Gasteiger partial charge in [-0.2, -0.15) is 0 Å². The number of halogens is 1. The largest absolute Gasteiger partial charge is 0.462 e. The summed E-state index contributed by atoms with van der Waals surface area (Å²) in [4.78, 5) is 11.7. The Morgan fingerprint density at radius 1 is 1.24 bits per heavy atom. The smallest absolute Gasteiger partial charge is 0.338 e. The Labute approximate surface area is 113 Å². The van der Waals surface area contributed by atoms with Gasteiger partial charge in [0, 0.05) is 13.4 Å². The molecule has 0 atom stereocenters. The summed E-state index contributed by atoms with van der Waals surface area (Å²) in [5.74, 6) is -0.218. The molecule has 0 spiro atoms.